The number of epoxide rings is 1. The Balaban J connectivity index is 1.58. The van der Waals surface area contributed by atoms with Crippen LogP contribution in [0.15, 0.2) is 35.2 Å². The highest BCUT2D eigenvalue weighted by atomic mass is 16.6. The molecule has 1 aliphatic heterocycles. The number of fused-ring (bicyclic) bond motifs is 3. The highest BCUT2D eigenvalue weighted by molar-refractivity contribution is 5.96. The summed E-state index contributed by atoms with van der Waals surface area (Å²) in [6, 6.07) is 2.05. The fourth-order valence-corrected chi connectivity index (χ4v) is 10.2. The molecule has 1 aromatic rings. The highest BCUT2D eigenvalue weighted by Crippen LogP contribution is 2.82. The molecule has 5 aliphatic rings. The van der Waals surface area contributed by atoms with Gasteiger partial charge >= 0.3 is 11.9 Å². The number of allylic oxidation sites excluding steroid dienone is 2. The number of hydrogen-bond donors (Lipinski definition) is 0. The molecule has 4 aliphatic carbocycles. The van der Waals surface area contributed by atoms with Gasteiger partial charge in [-0.25, -0.2) is 0 Å². The van der Waals surface area contributed by atoms with Gasteiger partial charge in [0.1, 0.15) is 17.8 Å². The van der Waals surface area contributed by atoms with E-state index in [1.807, 2.05) is 32.3 Å². The van der Waals surface area contributed by atoms with Crippen LogP contribution in [0.25, 0.3) is 0 Å². The third-order valence-corrected chi connectivity index (χ3v) is 11.5. The molecule has 37 heavy (non-hydrogen) atoms. The molecule has 200 valence electrons. The maximum atomic E-state index is 13.2. The molecular formula is C30H38O7. The van der Waals surface area contributed by atoms with Crippen LogP contribution < -0.4 is 0 Å². The summed E-state index contributed by atoms with van der Waals surface area (Å²) >= 11 is 0. The third-order valence-electron chi connectivity index (χ3n) is 11.5. The Bertz CT molecular complexity index is 1200. The standard InChI is InChI=1S/C30H38O7/c1-16(31)35-23-24-26(3,4)21(33)9-11-27(24,5)20-8-12-28(6)19(18-10-13-34-15-18)14-22-30(28,37-22)29(20,7)25(23)36-17(2)32/h9-11,13,15,19-20,22-25H,8,12,14H2,1-7H3/t19-,20-,22+,23+,24+,25+,27+,28-,29-,30+/m0/s1. The van der Waals surface area contributed by atoms with Gasteiger partial charge in [-0.05, 0) is 54.2 Å². The van der Waals surface area contributed by atoms with Gasteiger partial charge in [0.25, 0.3) is 0 Å². The normalized spacial score (nSPS) is 48.8. The summed E-state index contributed by atoms with van der Waals surface area (Å²) in [5.74, 6) is -0.933. The number of ketones is 1. The van der Waals surface area contributed by atoms with Crippen molar-refractivity contribution in [3.8, 4) is 0 Å². The van der Waals surface area contributed by atoms with Gasteiger partial charge in [0.2, 0.25) is 0 Å². The molecule has 0 bridgehead atoms. The fourth-order valence-electron chi connectivity index (χ4n) is 10.2. The monoisotopic (exact) mass is 510 g/mol. The summed E-state index contributed by atoms with van der Waals surface area (Å²) in [5, 5.41) is 0. The molecule has 0 N–H and O–H groups in total. The molecule has 1 spiro atoms. The number of carbonyl (C=O) groups is 3. The minimum atomic E-state index is -0.805. The molecule has 0 amide bonds. The lowest BCUT2D eigenvalue weighted by Gasteiger charge is -2.69. The predicted molar refractivity (Wildman–Crippen MR) is 133 cm³/mol. The smallest absolute Gasteiger partial charge is 0.303 e. The van der Waals surface area contributed by atoms with Crippen LogP contribution in [0.2, 0.25) is 0 Å². The van der Waals surface area contributed by atoms with Crippen molar-refractivity contribution in [3.05, 3.63) is 36.3 Å². The molecular weight excluding hydrogens is 472 g/mol. The van der Waals surface area contributed by atoms with Crippen LogP contribution in [0.5, 0.6) is 0 Å². The van der Waals surface area contributed by atoms with E-state index in [2.05, 4.69) is 20.8 Å². The molecule has 2 heterocycles. The SMILES string of the molecule is CC(=O)O[C@@H]1[C@@H]2C(C)(C)C(=O)C=C[C@]2(C)[C@@H]2CC[C@@]3(C)[C@H](c4ccoc4)C[C@H]4O[C@]43[C@]2(C)[C@@H]1OC(C)=O. The van der Waals surface area contributed by atoms with Crippen LogP contribution >= 0.6 is 0 Å². The maximum absolute atomic E-state index is 13.2. The second-order valence-electron chi connectivity index (χ2n) is 13.3. The van der Waals surface area contributed by atoms with Crippen molar-refractivity contribution in [1.29, 1.82) is 0 Å². The van der Waals surface area contributed by atoms with Crippen molar-refractivity contribution in [2.24, 2.45) is 33.5 Å². The van der Waals surface area contributed by atoms with Crippen LogP contribution in [0.3, 0.4) is 0 Å². The van der Waals surface area contributed by atoms with E-state index < -0.39 is 46.0 Å². The average Bonchev–Trinajstić information content (AvgIpc) is 3.16. The van der Waals surface area contributed by atoms with Gasteiger partial charge in [0.05, 0.1) is 18.6 Å². The Hall–Kier alpha value is -2.41. The average molecular weight is 511 g/mol. The molecule has 4 fully saturated rings. The van der Waals surface area contributed by atoms with Crippen LogP contribution in [-0.4, -0.2) is 41.6 Å². The van der Waals surface area contributed by atoms with E-state index in [4.69, 9.17) is 18.6 Å². The first-order valence-electron chi connectivity index (χ1n) is 13.5. The van der Waals surface area contributed by atoms with Gasteiger partial charge in [0.15, 0.2) is 5.78 Å². The van der Waals surface area contributed by atoms with E-state index >= 15 is 0 Å². The first-order valence-corrected chi connectivity index (χ1v) is 13.5. The fraction of sp³-hybridized carbons (Fsp3) is 0.700. The summed E-state index contributed by atoms with van der Waals surface area (Å²) in [6.07, 6.45) is 8.48. The molecule has 3 saturated carbocycles. The molecule has 10 atom stereocenters. The maximum Gasteiger partial charge on any atom is 0.303 e. The van der Waals surface area contributed by atoms with E-state index in [1.165, 1.54) is 19.4 Å². The molecule has 0 unspecified atom stereocenters. The van der Waals surface area contributed by atoms with Gasteiger partial charge in [0, 0.05) is 36.0 Å². The Morgan fingerprint density at radius 3 is 2.38 bits per heavy atom. The zero-order valence-corrected chi connectivity index (χ0v) is 22.8. The second kappa shape index (κ2) is 7.37. The minimum Gasteiger partial charge on any atom is -0.472 e. The summed E-state index contributed by atoms with van der Waals surface area (Å²) < 4.78 is 24.6. The van der Waals surface area contributed by atoms with Gasteiger partial charge in [-0.15, -0.1) is 0 Å². The first kappa shape index (κ1) is 24.9. The van der Waals surface area contributed by atoms with Crippen molar-refractivity contribution in [2.45, 2.75) is 97.6 Å². The molecule has 7 nitrogen and oxygen atoms in total. The quantitative estimate of drug-likeness (QED) is 0.417. The number of furan rings is 1. The zero-order valence-electron chi connectivity index (χ0n) is 22.8. The number of ether oxygens (including phenoxy) is 3. The lowest BCUT2D eigenvalue weighted by molar-refractivity contribution is -0.273. The molecule has 0 radical (unpaired) electrons. The Labute approximate surface area is 218 Å². The highest BCUT2D eigenvalue weighted by Gasteiger charge is 2.88. The van der Waals surface area contributed by atoms with Gasteiger partial charge in [-0.2, -0.15) is 0 Å². The summed E-state index contributed by atoms with van der Waals surface area (Å²) in [7, 11) is 0. The van der Waals surface area contributed by atoms with Crippen LogP contribution in [0, 0.1) is 33.5 Å². The molecule has 6 rings (SSSR count). The molecule has 7 heteroatoms. The summed E-state index contributed by atoms with van der Waals surface area (Å²) in [5.41, 5.74) is -1.54. The Morgan fingerprint density at radius 1 is 1.05 bits per heavy atom. The van der Waals surface area contributed by atoms with E-state index in [9.17, 15) is 14.4 Å². The van der Waals surface area contributed by atoms with Gasteiger partial charge < -0.3 is 18.6 Å². The Morgan fingerprint density at radius 2 is 1.76 bits per heavy atom. The molecule has 0 aromatic carbocycles. The van der Waals surface area contributed by atoms with Crippen LogP contribution in [0.1, 0.15) is 79.2 Å². The van der Waals surface area contributed by atoms with Crippen molar-refractivity contribution in [2.75, 3.05) is 0 Å². The third kappa shape index (κ3) is 2.79. The van der Waals surface area contributed by atoms with Crippen LogP contribution in [-0.2, 0) is 28.6 Å². The first-order chi connectivity index (χ1) is 17.2. The minimum absolute atomic E-state index is 0.00227. The van der Waals surface area contributed by atoms with Crippen molar-refractivity contribution >= 4 is 17.7 Å². The van der Waals surface area contributed by atoms with Crippen LogP contribution in [0.4, 0.5) is 0 Å². The van der Waals surface area contributed by atoms with Crippen molar-refractivity contribution in [3.63, 3.8) is 0 Å². The largest absolute Gasteiger partial charge is 0.472 e. The number of carbonyl (C=O) groups excluding carboxylic acids is 3. The second-order valence-corrected chi connectivity index (χ2v) is 13.3. The lowest BCUT2D eigenvalue weighted by atomic mass is 9.36. The van der Waals surface area contributed by atoms with Gasteiger partial charge in [-0.1, -0.05) is 40.7 Å². The summed E-state index contributed by atoms with van der Waals surface area (Å²) in [6.45, 7) is 13.3. The van der Waals surface area contributed by atoms with Gasteiger partial charge in [-0.3, -0.25) is 14.4 Å². The number of rotatable bonds is 3. The van der Waals surface area contributed by atoms with E-state index in [1.54, 1.807) is 12.3 Å². The van der Waals surface area contributed by atoms with E-state index in [0.717, 1.165) is 19.3 Å². The zero-order chi connectivity index (χ0) is 26.8. The topological polar surface area (TPSA) is 95.3 Å². The summed E-state index contributed by atoms with van der Waals surface area (Å²) in [4.78, 5) is 38.5. The van der Waals surface area contributed by atoms with Crippen molar-refractivity contribution < 1.29 is 33.0 Å². The van der Waals surface area contributed by atoms with E-state index in [0.29, 0.717) is 0 Å². The molecule has 1 aromatic heterocycles. The van der Waals surface area contributed by atoms with Crippen molar-refractivity contribution in [1.82, 2.24) is 0 Å². The van der Waals surface area contributed by atoms with E-state index in [-0.39, 0.29) is 35.1 Å². The lowest BCUT2D eigenvalue weighted by Crippen LogP contribution is -2.75. The molecule has 1 saturated heterocycles. The number of esters is 2. The number of hydrogen-bond acceptors (Lipinski definition) is 7. The Kier molecular flexibility index (Phi) is 4.96. The predicted octanol–water partition coefficient (Wildman–Crippen LogP) is 4.99.